The predicted molar refractivity (Wildman–Crippen MR) is 163 cm³/mol. The van der Waals surface area contributed by atoms with Crippen molar-refractivity contribution in [2.45, 2.75) is 64.1 Å². The van der Waals surface area contributed by atoms with Gasteiger partial charge in [-0.1, -0.05) is 67.9 Å². The average molecular weight is 600 g/mol. The highest BCUT2D eigenvalue weighted by Crippen LogP contribution is 2.34. The molecule has 0 aromatic heterocycles. The van der Waals surface area contributed by atoms with Gasteiger partial charge in [-0.2, -0.15) is 0 Å². The van der Waals surface area contributed by atoms with Crippen molar-refractivity contribution >= 4 is 39.1 Å². The number of sulfonamides is 1. The number of halogens is 1. The number of nitrogens with one attached hydrogen (secondary N) is 1. The standard InChI is InChI=1S/C31H38ClN3O5S/c1-6-23(4)33-31(37)27(7-2)34(20-24-13-11-12-16-26(24)32)30(36)21-35(28-19-22(3)17-18-29(28)40-5)41(38,39)25-14-9-8-10-15-25/h8-19,23,27H,6-7,20-21H2,1-5H3,(H,33,37)/t23-,27-/m1/s1. The van der Waals surface area contributed by atoms with Crippen LogP contribution in [0.15, 0.2) is 77.7 Å². The van der Waals surface area contributed by atoms with Crippen molar-refractivity contribution in [3.05, 3.63) is 88.9 Å². The van der Waals surface area contributed by atoms with Crippen LogP contribution in [0.2, 0.25) is 5.02 Å². The predicted octanol–water partition coefficient (Wildman–Crippen LogP) is 5.57. The van der Waals surface area contributed by atoms with Crippen LogP contribution < -0.4 is 14.4 Å². The van der Waals surface area contributed by atoms with Gasteiger partial charge in [0.05, 0.1) is 17.7 Å². The highest BCUT2D eigenvalue weighted by molar-refractivity contribution is 7.92. The first-order valence-electron chi connectivity index (χ1n) is 13.6. The zero-order chi connectivity index (χ0) is 30.2. The van der Waals surface area contributed by atoms with Gasteiger partial charge in [-0.3, -0.25) is 13.9 Å². The van der Waals surface area contributed by atoms with Crippen molar-refractivity contribution in [3.63, 3.8) is 0 Å². The average Bonchev–Trinajstić information content (AvgIpc) is 2.96. The van der Waals surface area contributed by atoms with E-state index in [0.717, 1.165) is 16.3 Å². The molecule has 0 saturated heterocycles. The second kappa shape index (κ2) is 14.4. The maximum absolute atomic E-state index is 14.2. The van der Waals surface area contributed by atoms with Gasteiger partial charge >= 0.3 is 0 Å². The van der Waals surface area contributed by atoms with Gasteiger partial charge in [0.1, 0.15) is 18.3 Å². The summed E-state index contributed by atoms with van der Waals surface area (Å²) < 4.78 is 34.6. The maximum Gasteiger partial charge on any atom is 0.264 e. The number of nitrogens with zero attached hydrogens (tertiary/aromatic N) is 2. The Labute approximate surface area is 248 Å². The van der Waals surface area contributed by atoms with Gasteiger partial charge in [-0.05, 0) is 68.1 Å². The third kappa shape index (κ3) is 7.80. The summed E-state index contributed by atoms with van der Waals surface area (Å²) >= 11 is 6.46. The molecule has 220 valence electrons. The fourth-order valence-electron chi connectivity index (χ4n) is 4.40. The molecule has 0 bridgehead atoms. The third-order valence-corrected chi connectivity index (χ3v) is 9.04. The number of aryl methyl sites for hydroxylation is 1. The van der Waals surface area contributed by atoms with Crippen LogP contribution in [0, 0.1) is 6.92 Å². The number of anilines is 1. The van der Waals surface area contributed by atoms with E-state index in [9.17, 15) is 18.0 Å². The first-order chi connectivity index (χ1) is 19.5. The number of benzene rings is 3. The van der Waals surface area contributed by atoms with E-state index in [1.165, 1.54) is 24.1 Å². The van der Waals surface area contributed by atoms with Crippen molar-refractivity contribution in [3.8, 4) is 5.75 Å². The van der Waals surface area contributed by atoms with Crippen LogP contribution >= 0.6 is 11.6 Å². The Bertz CT molecular complexity index is 1450. The molecule has 0 spiro atoms. The summed E-state index contributed by atoms with van der Waals surface area (Å²) in [6, 6.07) is 19.2. The number of ether oxygens (including phenoxy) is 1. The van der Waals surface area contributed by atoms with E-state index in [0.29, 0.717) is 22.8 Å². The molecule has 0 aliphatic heterocycles. The molecule has 41 heavy (non-hydrogen) atoms. The van der Waals surface area contributed by atoms with Crippen LogP contribution in [-0.2, 0) is 26.2 Å². The lowest BCUT2D eigenvalue weighted by Gasteiger charge is -2.34. The fourth-order valence-corrected chi connectivity index (χ4v) is 6.03. The molecule has 0 radical (unpaired) electrons. The van der Waals surface area contributed by atoms with E-state index in [2.05, 4.69) is 5.32 Å². The second-order valence-electron chi connectivity index (χ2n) is 9.86. The van der Waals surface area contributed by atoms with Crippen LogP contribution in [0.5, 0.6) is 5.75 Å². The van der Waals surface area contributed by atoms with E-state index in [4.69, 9.17) is 16.3 Å². The minimum absolute atomic E-state index is 0.0229. The molecule has 0 aliphatic rings. The van der Waals surface area contributed by atoms with Gasteiger partial charge in [-0.25, -0.2) is 8.42 Å². The van der Waals surface area contributed by atoms with E-state index >= 15 is 0 Å². The quantitative estimate of drug-likeness (QED) is 0.277. The van der Waals surface area contributed by atoms with E-state index in [-0.39, 0.29) is 29.1 Å². The molecule has 2 atom stereocenters. The Morgan fingerprint density at radius 2 is 1.63 bits per heavy atom. The molecule has 0 aliphatic carbocycles. The summed E-state index contributed by atoms with van der Waals surface area (Å²) in [6.07, 6.45) is 1.04. The molecule has 3 aromatic rings. The SMILES string of the molecule is CC[C@@H](C)NC(=O)[C@@H](CC)N(Cc1ccccc1Cl)C(=O)CN(c1cc(C)ccc1OC)S(=O)(=O)c1ccccc1. The molecular formula is C31H38ClN3O5S. The summed E-state index contributed by atoms with van der Waals surface area (Å²) in [5, 5.41) is 3.41. The lowest BCUT2D eigenvalue weighted by atomic mass is 10.1. The number of carbonyl (C=O) groups excluding carboxylic acids is 2. The van der Waals surface area contributed by atoms with Crippen molar-refractivity contribution in [1.29, 1.82) is 0 Å². The van der Waals surface area contributed by atoms with Crippen LogP contribution in [0.25, 0.3) is 0 Å². The highest BCUT2D eigenvalue weighted by Gasteiger charge is 2.35. The van der Waals surface area contributed by atoms with E-state index in [1.54, 1.807) is 60.7 Å². The summed E-state index contributed by atoms with van der Waals surface area (Å²) in [5.74, 6) is -0.575. The fraction of sp³-hybridized carbons (Fsp3) is 0.355. The van der Waals surface area contributed by atoms with Crippen molar-refractivity contribution in [2.75, 3.05) is 18.0 Å². The number of amides is 2. The third-order valence-electron chi connectivity index (χ3n) is 6.90. The van der Waals surface area contributed by atoms with E-state index in [1.807, 2.05) is 27.7 Å². The van der Waals surface area contributed by atoms with Crippen molar-refractivity contribution < 1.29 is 22.7 Å². The molecule has 2 amide bonds. The first-order valence-corrected chi connectivity index (χ1v) is 15.4. The lowest BCUT2D eigenvalue weighted by molar-refractivity contribution is -0.140. The summed E-state index contributed by atoms with van der Waals surface area (Å²) in [4.78, 5) is 29.1. The molecule has 0 saturated carbocycles. The summed E-state index contributed by atoms with van der Waals surface area (Å²) in [5.41, 5.74) is 1.65. The van der Waals surface area contributed by atoms with Gasteiger partial charge < -0.3 is 15.0 Å². The summed E-state index contributed by atoms with van der Waals surface area (Å²) in [7, 11) is -2.77. The molecule has 0 unspecified atom stereocenters. The smallest absolute Gasteiger partial charge is 0.264 e. The Morgan fingerprint density at radius 3 is 2.24 bits per heavy atom. The lowest BCUT2D eigenvalue weighted by Crippen LogP contribution is -2.53. The maximum atomic E-state index is 14.2. The van der Waals surface area contributed by atoms with Gasteiger partial charge in [-0.15, -0.1) is 0 Å². The Kier molecular flexibility index (Phi) is 11.2. The van der Waals surface area contributed by atoms with Crippen LogP contribution in [-0.4, -0.2) is 50.9 Å². The van der Waals surface area contributed by atoms with E-state index < -0.39 is 28.5 Å². The largest absolute Gasteiger partial charge is 0.495 e. The molecule has 10 heteroatoms. The van der Waals surface area contributed by atoms with Crippen LogP contribution in [0.3, 0.4) is 0 Å². The Balaban J connectivity index is 2.13. The zero-order valence-corrected chi connectivity index (χ0v) is 25.7. The number of hydrogen-bond donors (Lipinski definition) is 1. The molecule has 3 rings (SSSR count). The minimum atomic E-state index is -4.21. The van der Waals surface area contributed by atoms with Gasteiger partial charge in [0.15, 0.2) is 0 Å². The number of methoxy groups -OCH3 is 1. The van der Waals surface area contributed by atoms with Gasteiger partial charge in [0.25, 0.3) is 10.0 Å². The highest BCUT2D eigenvalue weighted by atomic mass is 35.5. The van der Waals surface area contributed by atoms with Crippen LogP contribution in [0.1, 0.15) is 44.7 Å². The van der Waals surface area contributed by atoms with Gasteiger partial charge in [0.2, 0.25) is 11.8 Å². The Hall–Kier alpha value is -3.56. The van der Waals surface area contributed by atoms with Crippen molar-refractivity contribution in [2.24, 2.45) is 0 Å². The second-order valence-corrected chi connectivity index (χ2v) is 12.1. The zero-order valence-electron chi connectivity index (χ0n) is 24.1. The van der Waals surface area contributed by atoms with Crippen LogP contribution in [0.4, 0.5) is 5.69 Å². The normalized spacial score (nSPS) is 12.7. The molecule has 3 aromatic carbocycles. The first kappa shape index (κ1) is 32.0. The molecule has 8 nitrogen and oxygen atoms in total. The Morgan fingerprint density at radius 1 is 0.976 bits per heavy atom. The molecular weight excluding hydrogens is 562 g/mol. The van der Waals surface area contributed by atoms with Crippen molar-refractivity contribution in [1.82, 2.24) is 10.2 Å². The summed E-state index contributed by atoms with van der Waals surface area (Å²) in [6.45, 7) is 6.96. The topological polar surface area (TPSA) is 96.0 Å². The monoisotopic (exact) mass is 599 g/mol. The number of rotatable bonds is 13. The molecule has 0 heterocycles. The number of hydrogen-bond acceptors (Lipinski definition) is 5. The minimum Gasteiger partial charge on any atom is -0.495 e. The number of carbonyl (C=O) groups is 2. The van der Waals surface area contributed by atoms with Gasteiger partial charge in [0, 0.05) is 17.6 Å². The molecule has 0 fully saturated rings. The molecule has 1 N–H and O–H groups in total.